The van der Waals surface area contributed by atoms with Gasteiger partial charge in [-0.05, 0) is 24.6 Å². The van der Waals surface area contributed by atoms with Gasteiger partial charge in [0.15, 0.2) is 17.5 Å². The molecule has 1 aliphatic rings. The van der Waals surface area contributed by atoms with E-state index in [0.717, 1.165) is 22.6 Å². The zero-order valence-electron chi connectivity index (χ0n) is 12.9. The highest BCUT2D eigenvalue weighted by atomic mass is 16.7. The van der Waals surface area contributed by atoms with Gasteiger partial charge in [-0.2, -0.15) is 0 Å². The highest BCUT2D eigenvalue weighted by Crippen LogP contribution is 2.36. The first-order valence-corrected chi connectivity index (χ1v) is 6.97. The Labute approximate surface area is 125 Å². The number of hydrogen-bond acceptors (Lipinski definition) is 3. The summed E-state index contributed by atoms with van der Waals surface area (Å²) in [7, 11) is 0. The molecular formula is C16H23N3O2. The van der Waals surface area contributed by atoms with E-state index in [1.165, 1.54) is 0 Å². The standard InChI is InChI=1S/C16H23N3O2/c1-11(2)8-18-15(17)19-9-16(3,4)12-5-6-13-14(7-12)21-10-20-13/h5-7H,1,8-10H2,2-4H3,(H3,17,18,19). The number of guanidine groups is 1. The number of aliphatic imine (C=N–C) groups is 1. The maximum atomic E-state index is 5.85. The third-order valence-electron chi connectivity index (χ3n) is 3.37. The smallest absolute Gasteiger partial charge is 0.231 e. The van der Waals surface area contributed by atoms with Crippen molar-refractivity contribution in [3.63, 3.8) is 0 Å². The third-order valence-corrected chi connectivity index (χ3v) is 3.37. The summed E-state index contributed by atoms with van der Waals surface area (Å²) in [6.45, 7) is 11.5. The molecule has 0 unspecified atom stereocenters. The molecule has 1 heterocycles. The lowest BCUT2D eigenvalue weighted by atomic mass is 9.84. The average Bonchev–Trinajstić information content (AvgIpc) is 2.90. The summed E-state index contributed by atoms with van der Waals surface area (Å²) < 4.78 is 10.8. The first-order chi connectivity index (χ1) is 9.88. The summed E-state index contributed by atoms with van der Waals surface area (Å²) in [5.41, 5.74) is 7.87. The van der Waals surface area contributed by atoms with Gasteiger partial charge in [0.2, 0.25) is 6.79 Å². The Kier molecular flexibility index (Phi) is 4.40. The van der Waals surface area contributed by atoms with E-state index >= 15 is 0 Å². The minimum absolute atomic E-state index is 0.142. The molecule has 1 aromatic rings. The molecule has 2 rings (SSSR count). The van der Waals surface area contributed by atoms with Crippen molar-refractivity contribution in [2.45, 2.75) is 26.2 Å². The number of ether oxygens (including phenoxy) is 2. The molecule has 5 nitrogen and oxygen atoms in total. The molecule has 0 aliphatic carbocycles. The summed E-state index contributed by atoms with van der Waals surface area (Å²) in [6.07, 6.45) is 0. The number of rotatable bonds is 5. The lowest BCUT2D eigenvalue weighted by Crippen LogP contribution is -2.34. The van der Waals surface area contributed by atoms with Crippen LogP contribution in [0, 0.1) is 0 Å². The van der Waals surface area contributed by atoms with Crippen LogP contribution in [0.15, 0.2) is 35.3 Å². The van der Waals surface area contributed by atoms with Gasteiger partial charge in [0.05, 0.1) is 6.54 Å². The maximum Gasteiger partial charge on any atom is 0.231 e. The second-order valence-electron chi connectivity index (χ2n) is 5.96. The van der Waals surface area contributed by atoms with E-state index in [0.29, 0.717) is 19.0 Å². The van der Waals surface area contributed by atoms with Crippen molar-refractivity contribution in [1.29, 1.82) is 0 Å². The lowest BCUT2D eigenvalue weighted by Gasteiger charge is -2.23. The number of hydrogen-bond donors (Lipinski definition) is 2. The molecule has 1 aliphatic heterocycles. The fraction of sp³-hybridized carbons (Fsp3) is 0.438. The highest BCUT2D eigenvalue weighted by molar-refractivity contribution is 5.78. The Bertz CT molecular complexity index is 565. The van der Waals surface area contributed by atoms with E-state index < -0.39 is 0 Å². The van der Waals surface area contributed by atoms with Gasteiger partial charge >= 0.3 is 0 Å². The maximum absolute atomic E-state index is 5.85. The molecule has 0 amide bonds. The lowest BCUT2D eigenvalue weighted by molar-refractivity contribution is 0.174. The molecule has 0 aromatic heterocycles. The van der Waals surface area contributed by atoms with Crippen molar-refractivity contribution in [3.05, 3.63) is 35.9 Å². The Morgan fingerprint density at radius 3 is 2.81 bits per heavy atom. The van der Waals surface area contributed by atoms with Gasteiger partial charge in [-0.3, -0.25) is 4.99 Å². The normalized spacial score (nSPS) is 14.1. The molecule has 21 heavy (non-hydrogen) atoms. The molecule has 3 N–H and O–H groups in total. The van der Waals surface area contributed by atoms with Gasteiger partial charge in [-0.1, -0.05) is 32.1 Å². The van der Waals surface area contributed by atoms with Crippen LogP contribution in [0.25, 0.3) is 0 Å². The van der Waals surface area contributed by atoms with Crippen molar-refractivity contribution >= 4 is 5.96 Å². The topological polar surface area (TPSA) is 68.9 Å². The largest absolute Gasteiger partial charge is 0.454 e. The predicted molar refractivity (Wildman–Crippen MR) is 84.9 cm³/mol. The van der Waals surface area contributed by atoms with Gasteiger partial charge in [-0.15, -0.1) is 0 Å². The molecule has 114 valence electrons. The van der Waals surface area contributed by atoms with E-state index in [2.05, 4.69) is 30.7 Å². The minimum Gasteiger partial charge on any atom is -0.454 e. The molecule has 0 atom stereocenters. The van der Waals surface area contributed by atoms with E-state index in [9.17, 15) is 0 Å². The SMILES string of the molecule is C=C(C)CNC(N)=NCC(C)(C)c1ccc2c(c1)OCO2. The van der Waals surface area contributed by atoms with Gasteiger partial charge in [-0.25, -0.2) is 0 Å². The van der Waals surface area contributed by atoms with Crippen LogP contribution in [-0.2, 0) is 5.41 Å². The zero-order chi connectivity index (χ0) is 15.5. The van der Waals surface area contributed by atoms with Crippen LogP contribution in [0.3, 0.4) is 0 Å². The monoisotopic (exact) mass is 289 g/mol. The molecule has 0 fully saturated rings. The fourth-order valence-electron chi connectivity index (χ4n) is 1.99. The third kappa shape index (κ3) is 3.90. The molecule has 0 spiro atoms. The second kappa shape index (κ2) is 6.08. The average molecular weight is 289 g/mol. The number of nitrogens with zero attached hydrogens (tertiary/aromatic N) is 1. The summed E-state index contributed by atoms with van der Waals surface area (Å²) in [6, 6.07) is 5.99. The van der Waals surface area contributed by atoms with Crippen molar-refractivity contribution in [2.75, 3.05) is 19.9 Å². The van der Waals surface area contributed by atoms with E-state index in [-0.39, 0.29) is 12.2 Å². The van der Waals surface area contributed by atoms with Crippen LogP contribution >= 0.6 is 0 Å². The van der Waals surface area contributed by atoms with Gasteiger partial charge < -0.3 is 20.5 Å². The molecule has 0 radical (unpaired) electrons. The highest BCUT2D eigenvalue weighted by Gasteiger charge is 2.23. The number of nitrogens with two attached hydrogens (primary N) is 1. The quantitative estimate of drug-likeness (QED) is 0.495. The molecule has 0 saturated carbocycles. The van der Waals surface area contributed by atoms with Gasteiger partial charge in [0.1, 0.15) is 0 Å². The van der Waals surface area contributed by atoms with Crippen LogP contribution in [0.5, 0.6) is 11.5 Å². The van der Waals surface area contributed by atoms with Gasteiger partial charge in [0, 0.05) is 12.0 Å². The number of nitrogens with one attached hydrogen (secondary N) is 1. The predicted octanol–water partition coefficient (Wildman–Crippen LogP) is 2.17. The first-order valence-electron chi connectivity index (χ1n) is 6.97. The minimum atomic E-state index is -0.142. The molecular weight excluding hydrogens is 266 g/mol. The Balaban J connectivity index is 2.04. The van der Waals surface area contributed by atoms with Crippen LogP contribution in [0.2, 0.25) is 0 Å². The van der Waals surface area contributed by atoms with E-state index in [4.69, 9.17) is 15.2 Å². The zero-order valence-corrected chi connectivity index (χ0v) is 12.9. The summed E-state index contributed by atoms with van der Waals surface area (Å²) in [4.78, 5) is 4.41. The Morgan fingerprint density at radius 1 is 1.38 bits per heavy atom. The Hall–Kier alpha value is -2.17. The summed E-state index contributed by atoms with van der Waals surface area (Å²) in [5.74, 6) is 2.02. The first kappa shape index (κ1) is 15.2. The number of benzene rings is 1. The van der Waals surface area contributed by atoms with Gasteiger partial charge in [0.25, 0.3) is 0 Å². The van der Waals surface area contributed by atoms with Crippen molar-refractivity contribution < 1.29 is 9.47 Å². The van der Waals surface area contributed by atoms with Crippen LogP contribution in [-0.4, -0.2) is 25.8 Å². The summed E-state index contributed by atoms with van der Waals surface area (Å²) >= 11 is 0. The van der Waals surface area contributed by atoms with Crippen LogP contribution in [0.4, 0.5) is 0 Å². The van der Waals surface area contributed by atoms with Crippen LogP contribution in [0.1, 0.15) is 26.3 Å². The van der Waals surface area contributed by atoms with Crippen molar-refractivity contribution in [1.82, 2.24) is 5.32 Å². The van der Waals surface area contributed by atoms with Crippen molar-refractivity contribution in [3.8, 4) is 11.5 Å². The second-order valence-corrected chi connectivity index (χ2v) is 5.96. The molecule has 0 bridgehead atoms. The Morgan fingerprint density at radius 2 is 2.10 bits per heavy atom. The molecule has 5 heteroatoms. The van der Waals surface area contributed by atoms with Crippen LogP contribution < -0.4 is 20.5 Å². The fourth-order valence-corrected chi connectivity index (χ4v) is 1.99. The van der Waals surface area contributed by atoms with Crippen molar-refractivity contribution in [2.24, 2.45) is 10.7 Å². The molecule has 0 saturated heterocycles. The molecule has 1 aromatic carbocycles. The van der Waals surface area contributed by atoms with E-state index in [1.807, 2.05) is 25.1 Å². The number of fused-ring (bicyclic) bond motifs is 1. The summed E-state index contributed by atoms with van der Waals surface area (Å²) in [5, 5.41) is 3.03. The van der Waals surface area contributed by atoms with E-state index in [1.54, 1.807) is 0 Å².